The average molecular weight is 345 g/mol. The van der Waals surface area contributed by atoms with E-state index in [1.807, 2.05) is 0 Å². The summed E-state index contributed by atoms with van der Waals surface area (Å²) >= 11 is 1.47. The third-order valence-corrected chi connectivity index (χ3v) is 2.09. The number of hydrogen-bond acceptors (Lipinski definition) is 3. The van der Waals surface area contributed by atoms with E-state index in [2.05, 4.69) is 50.8 Å². The normalized spacial score (nSPS) is 9.35. The van der Waals surface area contributed by atoms with Gasteiger partial charge in [-0.05, 0) is 17.8 Å². The molecule has 0 aromatic rings. The zero-order valence-corrected chi connectivity index (χ0v) is 16.4. The molecule has 122 valence electrons. The van der Waals surface area contributed by atoms with E-state index in [0.717, 1.165) is 19.3 Å². The van der Waals surface area contributed by atoms with E-state index in [1.165, 1.54) is 19.4 Å². The van der Waals surface area contributed by atoms with E-state index in [9.17, 15) is 15.3 Å². The molecule has 0 rings (SSSR count). The van der Waals surface area contributed by atoms with Gasteiger partial charge < -0.3 is 15.3 Å². The summed E-state index contributed by atoms with van der Waals surface area (Å²) in [5.74, 6) is 1.76. The van der Waals surface area contributed by atoms with Crippen LogP contribution in [0.4, 0.5) is 0 Å². The van der Waals surface area contributed by atoms with Crippen molar-refractivity contribution in [3.63, 3.8) is 0 Å². The molecule has 0 aliphatic heterocycles. The van der Waals surface area contributed by atoms with Gasteiger partial charge in [0.25, 0.3) is 0 Å². The molecule has 0 radical (unpaired) electrons. The summed E-state index contributed by atoms with van der Waals surface area (Å²) in [5, 5.41) is 29.2. The van der Waals surface area contributed by atoms with Gasteiger partial charge in [0.2, 0.25) is 0 Å². The van der Waals surface area contributed by atoms with Crippen LogP contribution >= 0.6 is 9.30 Å². The Hall–Kier alpha value is 0.884. The summed E-state index contributed by atoms with van der Waals surface area (Å²) in [6, 6.07) is 0. The molecule has 0 amide bonds. The van der Waals surface area contributed by atoms with E-state index in [4.69, 9.17) is 0 Å². The van der Waals surface area contributed by atoms with Gasteiger partial charge in [0.05, 0.1) is 0 Å². The molecule has 20 heavy (non-hydrogen) atoms. The predicted molar refractivity (Wildman–Crippen MR) is 78.8 cm³/mol. The quantitative estimate of drug-likeness (QED) is 0.691. The maximum absolute atomic E-state index is 9.74. The SMILES string of the molecule is CC(C)CC[O-].CC(C)CC[O-].CC(C)CC[O-].[Cl][Ti+3]. The Balaban J connectivity index is -0.0000000902. The first kappa shape index (κ1) is 29.0. The van der Waals surface area contributed by atoms with Gasteiger partial charge in [-0.3, -0.25) is 0 Å². The molecular weight excluding hydrogens is 311 g/mol. The van der Waals surface area contributed by atoms with Crippen molar-refractivity contribution >= 4 is 9.30 Å². The van der Waals surface area contributed by atoms with Crippen LogP contribution < -0.4 is 15.3 Å². The van der Waals surface area contributed by atoms with Gasteiger partial charge in [-0.15, -0.1) is 19.8 Å². The molecule has 0 aromatic carbocycles. The molecule has 0 unspecified atom stereocenters. The zero-order valence-electron chi connectivity index (χ0n) is 14.1. The fourth-order valence-corrected chi connectivity index (χ4v) is 0.707. The second-order valence-corrected chi connectivity index (χ2v) is 5.66. The van der Waals surface area contributed by atoms with E-state index >= 15 is 0 Å². The van der Waals surface area contributed by atoms with Crippen molar-refractivity contribution in [2.75, 3.05) is 19.8 Å². The molecule has 0 saturated carbocycles. The van der Waals surface area contributed by atoms with Gasteiger partial charge in [-0.1, -0.05) is 60.8 Å². The first-order valence-corrected chi connectivity index (χ1v) is 9.39. The van der Waals surface area contributed by atoms with Crippen LogP contribution in [0.25, 0.3) is 0 Å². The molecule has 3 nitrogen and oxygen atoms in total. The molecule has 0 heterocycles. The summed E-state index contributed by atoms with van der Waals surface area (Å²) < 4.78 is 0. The summed E-state index contributed by atoms with van der Waals surface area (Å²) in [4.78, 5) is 0. The Bertz CT molecular complexity index is 111. The number of halogens is 1. The van der Waals surface area contributed by atoms with Crippen molar-refractivity contribution in [1.29, 1.82) is 0 Å². The Morgan fingerprint density at radius 3 is 0.750 bits per heavy atom. The van der Waals surface area contributed by atoms with Gasteiger partial charge >= 0.3 is 28.7 Å². The van der Waals surface area contributed by atoms with Crippen molar-refractivity contribution in [3.05, 3.63) is 0 Å². The fourth-order valence-electron chi connectivity index (χ4n) is 0.707. The van der Waals surface area contributed by atoms with Crippen LogP contribution in [0.3, 0.4) is 0 Å². The van der Waals surface area contributed by atoms with E-state index in [0.29, 0.717) is 17.8 Å². The van der Waals surface area contributed by atoms with Crippen molar-refractivity contribution in [1.82, 2.24) is 0 Å². The van der Waals surface area contributed by atoms with Crippen LogP contribution in [-0.2, 0) is 19.4 Å². The molecule has 0 saturated heterocycles. The van der Waals surface area contributed by atoms with Crippen molar-refractivity contribution in [3.8, 4) is 0 Å². The van der Waals surface area contributed by atoms with Gasteiger partial charge in [0.15, 0.2) is 0 Å². The molecule has 0 bridgehead atoms. The second kappa shape index (κ2) is 28.1. The van der Waals surface area contributed by atoms with Crippen LogP contribution in [0.15, 0.2) is 0 Å². The van der Waals surface area contributed by atoms with Crippen LogP contribution in [0, 0.1) is 17.8 Å². The van der Waals surface area contributed by atoms with Crippen LogP contribution in [0.5, 0.6) is 0 Å². The van der Waals surface area contributed by atoms with Crippen molar-refractivity contribution < 1.29 is 34.7 Å². The van der Waals surface area contributed by atoms with Gasteiger partial charge in [0.1, 0.15) is 0 Å². The summed E-state index contributed by atoms with van der Waals surface area (Å²) in [7, 11) is 4.64. The molecule has 0 atom stereocenters. The van der Waals surface area contributed by atoms with Crippen LogP contribution in [-0.4, -0.2) is 19.8 Å². The fraction of sp³-hybridized carbons (Fsp3) is 1.00. The van der Waals surface area contributed by atoms with Crippen molar-refractivity contribution in [2.24, 2.45) is 17.8 Å². The molecule has 0 spiro atoms. The molecule has 0 fully saturated rings. The molecule has 0 aliphatic carbocycles. The molecule has 0 aliphatic rings. The van der Waals surface area contributed by atoms with Gasteiger partial charge in [-0.2, -0.15) is 0 Å². The summed E-state index contributed by atoms with van der Waals surface area (Å²) in [6.45, 7) is 12.6. The third kappa shape index (κ3) is 61.8. The second-order valence-electron chi connectivity index (χ2n) is 5.66. The zero-order chi connectivity index (χ0) is 17.0. The Morgan fingerprint density at radius 2 is 0.750 bits per heavy atom. The first-order chi connectivity index (χ1) is 9.31. The summed E-state index contributed by atoms with van der Waals surface area (Å²) in [6.07, 6.45) is 2.46. The maximum atomic E-state index is 9.74. The predicted octanol–water partition coefficient (Wildman–Crippen LogP) is 1.87. The third-order valence-electron chi connectivity index (χ3n) is 2.09. The molecule has 0 N–H and O–H groups in total. The Morgan fingerprint density at radius 1 is 0.600 bits per heavy atom. The molecule has 5 heteroatoms. The first-order valence-electron chi connectivity index (χ1n) is 7.24. The van der Waals surface area contributed by atoms with E-state index in [-0.39, 0.29) is 19.8 Å². The minimum absolute atomic E-state index is 0.0810. The standard InChI is InChI=1S/3C5H11O.ClH.Ti/c3*1-5(2)3-4-6;;/h3*5H,3-4H2,1-2H3;1H;/q3*-1;;+4/p-1. The topological polar surface area (TPSA) is 69.2 Å². The van der Waals surface area contributed by atoms with E-state index in [1.54, 1.807) is 0 Å². The van der Waals surface area contributed by atoms with E-state index < -0.39 is 0 Å². The van der Waals surface area contributed by atoms with Gasteiger partial charge in [-0.25, -0.2) is 0 Å². The van der Waals surface area contributed by atoms with Crippen LogP contribution in [0.1, 0.15) is 60.8 Å². The number of rotatable bonds is 6. The Kier molecular flexibility index (Phi) is 40.7. The van der Waals surface area contributed by atoms with Crippen molar-refractivity contribution in [2.45, 2.75) is 60.8 Å². The monoisotopic (exact) mass is 344 g/mol. The Labute approximate surface area is 142 Å². The van der Waals surface area contributed by atoms with Crippen LogP contribution in [0.2, 0.25) is 0 Å². The summed E-state index contributed by atoms with van der Waals surface area (Å²) in [5.41, 5.74) is 0. The average Bonchev–Trinajstić information content (AvgIpc) is 2.32. The van der Waals surface area contributed by atoms with Gasteiger partial charge in [0, 0.05) is 0 Å². The number of hydrogen-bond donors (Lipinski definition) is 0. The molecular formula is C15H33ClO3Ti. The minimum atomic E-state index is 0.0810. The molecule has 0 aromatic heterocycles.